The number of nitrogens with two attached hydrogens (primary N) is 1. The van der Waals surface area contributed by atoms with E-state index in [2.05, 4.69) is 35.8 Å². The number of carbonyl (C=O) groups excluding carboxylic acids is 2. The molecular formula is C38H29N9O8S. The topological polar surface area (TPSA) is 254 Å². The molecule has 2 amide bonds. The average molecular weight is 772 g/mol. The summed E-state index contributed by atoms with van der Waals surface area (Å²) in [6.45, 7) is 1.82. The molecule has 7 rings (SSSR count). The molecule has 1 aliphatic rings. The van der Waals surface area contributed by atoms with Gasteiger partial charge in [0.05, 0.1) is 40.1 Å². The predicted octanol–water partition coefficient (Wildman–Crippen LogP) is 8.14. The Morgan fingerprint density at radius 2 is 1.50 bits per heavy atom. The number of aryl methyl sites for hydroxylation is 1. The van der Waals surface area contributed by atoms with Crippen molar-refractivity contribution in [2.24, 2.45) is 41.5 Å². The van der Waals surface area contributed by atoms with Crippen LogP contribution in [0.2, 0.25) is 0 Å². The lowest BCUT2D eigenvalue weighted by Gasteiger charge is -2.12. The third kappa shape index (κ3) is 7.24. The molecule has 1 unspecified atom stereocenters. The number of benzene rings is 6. The Bertz CT molecular complexity index is 2820. The lowest BCUT2D eigenvalue weighted by Crippen LogP contribution is -2.35. The van der Waals surface area contributed by atoms with E-state index >= 15 is 0 Å². The Morgan fingerprint density at radius 3 is 2.21 bits per heavy atom. The summed E-state index contributed by atoms with van der Waals surface area (Å²) in [4.78, 5) is 24.9. The van der Waals surface area contributed by atoms with E-state index in [1.165, 1.54) is 25.3 Å². The van der Waals surface area contributed by atoms with Crippen LogP contribution in [-0.4, -0.2) is 53.9 Å². The summed E-state index contributed by atoms with van der Waals surface area (Å²) in [5.41, 5.74) is 7.70. The SMILES string of the molecule is COc1cc(N=Nc2cccc3cccc(O)c23)c(C)cc1N=Nc1ccc2cc(N=NC3C(=O)N(c4ccc(S(=O)(=O)O)cc4)N=C3C(N)=O)ccc2c1O. The van der Waals surface area contributed by atoms with Crippen molar-refractivity contribution in [3.63, 3.8) is 0 Å². The number of hydrogen-bond donors (Lipinski definition) is 4. The van der Waals surface area contributed by atoms with Gasteiger partial charge in [0.2, 0.25) is 6.04 Å². The fourth-order valence-electron chi connectivity index (χ4n) is 5.85. The van der Waals surface area contributed by atoms with Gasteiger partial charge in [0.25, 0.3) is 21.9 Å². The molecule has 0 fully saturated rings. The monoisotopic (exact) mass is 771 g/mol. The number of aromatic hydroxyl groups is 2. The molecule has 280 valence electrons. The largest absolute Gasteiger partial charge is 0.507 e. The Hall–Kier alpha value is -7.44. The van der Waals surface area contributed by atoms with Crippen molar-refractivity contribution in [1.82, 2.24) is 0 Å². The molecule has 0 aliphatic carbocycles. The van der Waals surface area contributed by atoms with Crippen molar-refractivity contribution in [2.75, 3.05) is 12.1 Å². The minimum Gasteiger partial charge on any atom is -0.507 e. The molecule has 1 atom stereocenters. The van der Waals surface area contributed by atoms with Crippen LogP contribution in [0.1, 0.15) is 5.56 Å². The van der Waals surface area contributed by atoms with Crippen LogP contribution in [0.3, 0.4) is 0 Å². The number of anilines is 1. The average Bonchev–Trinajstić information content (AvgIpc) is 3.52. The number of ether oxygens (including phenoxy) is 1. The van der Waals surface area contributed by atoms with Crippen LogP contribution in [0.4, 0.5) is 34.1 Å². The number of amides is 2. The van der Waals surface area contributed by atoms with Crippen LogP contribution in [0.15, 0.2) is 144 Å². The standard InChI is InChI=1S/C38H29N9O8S/c1-20-17-30(32(55-2)19-29(20)43-41-27-7-3-5-21-6-4-8-31(48)33(21)27)44-42-28-16-9-22-18-23(10-15-26(22)36(28)49)40-45-35-34(37(39)50)46-47(38(35)51)24-11-13-25(14-12-24)56(52,53)54/h3-19,35,48-49H,1-2H3,(H2,39,50)(H,52,53,54). The van der Waals surface area contributed by atoms with E-state index in [0.29, 0.717) is 44.5 Å². The van der Waals surface area contributed by atoms with Gasteiger partial charge in [-0.2, -0.15) is 33.9 Å². The van der Waals surface area contributed by atoms with E-state index in [9.17, 15) is 32.8 Å². The summed E-state index contributed by atoms with van der Waals surface area (Å²) >= 11 is 0. The lowest BCUT2D eigenvalue weighted by molar-refractivity contribution is -0.118. The number of nitrogens with zero attached hydrogens (tertiary/aromatic N) is 8. The van der Waals surface area contributed by atoms with Gasteiger partial charge in [0.15, 0.2) is 11.5 Å². The summed E-state index contributed by atoms with van der Waals surface area (Å²) in [5, 5.41) is 54.2. The number of azo groups is 3. The lowest BCUT2D eigenvalue weighted by atomic mass is 10.1. The van der Waals surface area contributed by atoms with Crippen LogP contribution in [0, 0.1) is 6.92 Å². The minimum atomic E-state index is -4.47. The molecule has 5 N–H and O–H groups in total. The molecule has 17 nitrogen and oxygen atoms in total. The van der Waals surface area contributed by atoms with Crippen molar-refractivity contribution in [2.45, 2.75) is 17.9 Å². The second kappa shape index (κ2) is 14.8. The molecule has 0 saturated heterocycles. The summed E-state index contributed by atoms with van der Waals surface area (Å²) in [7, 11) is -3.00. The number of rotatable bonds is 10. The van der Waals surface area contributed by atoms with Crippen molar-refractivity contribution in [3.8, 4) is 17.2 Å². The highest BCUT2D eigenvalue weighted by molar-refractivity contribution is 7.85. The Balaban J connectivity index is 1.09. The Kier molecular flexibility index (Phi) is 9.73. The zero-order valence-electron chi connectivity index (χ0n) is 29.3. The molecule has 1 heterocycles. The van der Waals surface area contributed by atoms with E-state index in [1.807, 2.05) is 25.1 Å². The third-order valence-corrected chi connectivity index (χ3v) is 9.54. The molecule has 0 aromatic heterocycles. The number of primary amides is 1. The molecule has 6 aromatic rings. The zero-order chi connectivity index (χ0) is 39.7. The van der Waals surface area contributed by atoms with Gasteiger partial charge in [0, 0.05) is 11.5 Å². The van der Waals surface area contributed by atoms with E-state index < -0.39 is 32.9 Å². The second-order valence-electron chi connectivity index (χ2n) is 12.3. The first-order valence-corrected chi connectivity index (χ1v) is 18.0. The highest BCUT2D eigenvalue weighted by atomic mass is 32.2. The summed E-state index contributed by atoms with van der Waals surface area (Å²) in [6, 6.07) is 25.0. The number of hydrazone groups is 1. The highest BCUT2D eigenvalue weighted by Gasteiger charge is 2.40. The minimum absolute atomic E-state index is 0.0968. The first kappa shape index (κ1) is 36.9. The molecule has 18 heteroatoms. The molecule has 0 spiro atoms. The quantitative estimate of drug-likeness (QED) is 0.0779. The Labute approximate surface area is 317 Å². The van der Waals surface area contributed by atoms with Gasteiger partial charge in [0.1, 0.15) is 22.9 Å². The number of phenolic OH excluding ortho intramolecular Hbond substituents is 2. The van der Waals surface area contributed by atoms with E-state index in [-0.39, 0.29) is 34.3 Å². The normalized spacial score (nSPS) is 14.8. The maximum absolute atomic E-state index is 13.2. The molecule has 0 saturated carbocycles. The van der Waals surface area contributed by atoms with Crippen LogP contribution in [-0.2, 0) is 19.7 Å². The molecular weight excluding hydrogens is 743 g/mol. The first-order valence-electron chi connectivity index (χ1n) is 16.5. The smallest absolute Gasteiger partial charge is 0.294 e. The van der Waals surface area contributed by atoms with Crippen molar-refractivity contribution in [3.05, 3.63) is 109 Å². The third-order valence-electron chi connectivity index (χ3n) is 8.67. The van der Waals surface area contributed by atoms with E-state index in [4.69, 9.17) is 10.5 Å². The summed E-state index contributed by atoms with van der Waals surface area (Å²) in [6.07, 6.45) is 0. The van der Waals surface area contributed by atoms with Gasteiger partial charge in [-0.3, -0.25) is 14.1 Å². The van der Waals surface area contributed by atoms with Crippen LogP contribution < -0.4 is 15.5 Å². The van der Waals surface area contributed by atoms with E-state index in [0.717, 1.165) is 22.5 Å². The molecule has 0 bridgehead atoms. The predicted molar refractivity (Wildman–Crippen MR) is 206 cm³/mol. The zero-order valence-corrected chi connectivity index (χ0v) is 30.2. The highest BCUT2D eigenvalue weighted by Crippen LogP contribution is 2.41. The van der Waals surface area contributed by atoms with Gasteiger partial charge in [-0.05, 0) is 90.0 Å². The Morgan fingerprint density at radius 1 is 0.804 bits per heavy atom. The van der Waals surface area contributed by atoms with Crippen LogP contribution in [0.25, 0.3) is 21.5 Å². The van der Waals surface area contributed by atoms with E-state index in [1.54, 1.807) is 54.6 Å². The summed E-state index contributed by atoms with van der Waals surface area (Å²) in [5.74, 6) is -1.51. The van der Waals surface area contributed by atoms with Gasteiger partial charge < -0.3 is 20.7 Å². The van der Waals surface area contributed by atoms with Gasteiger partial charge >= 0.3 is 0 Å². The van der Waals surface area contributed by atoms with Crippen molar-refractivity contribution >= 4 is 83.3 Å². The first-order chi connectivity index (χ1) is 26.8. The molecule has 6 aromatic carbocycles. The van der Waals surface area contributed by atoms with Crippen molar-refractivity contribution < 1.29 is 37.5 Å². The number of carbonyl (C=O) groups is 2. The molecule has 56 heavy (non-hydrogen) atoms. The van der Waals surface area contributed by atoms with Crippen LogP contribution >= 0.6 is 0 Å². The maximum atomic E-state index is 13.2. The van der Waals surface area contributed by atoms with Crippen LogP contribution in [0.5, 0.6) is 17.2 Å². The van der Waals surface area contributed by atoms with Crippen molar-refractivity contribution in [1.29, 1.82) is 0 Å². The van der Waals surface area contributed by atoms with Gasteiger partial charge in [-0.1, -0.05) is 30.3 Å². The summed E-state index contributed by atoms with van der Waals surface area (Å²) < 4.78 is 37.6. The fourth-order valence-corrected chi connectivity index (χ4v) is 6.33. The number of methoxy groups -OCH3 is 1. The fraction of sp³-hybridized carbons (Fsp3) is 0.0789. The maximum Gasteiger partial charge on any atom is 0.294 e. The second-order valence-corrected chi connectivity index (χ2v) is 13.7. The molecule has 1 aliphatic heterocycles. The molecule has 0 radical (unpaired) electrons. The van der Waals surface area contributed by atoms with Gasteiger partial charge in [-0.25, -0.2) is 0 Å². The van der Waals surface area contributed by atoms with Gasteiger partial charge in [-0.15, -0.1) is 15.3 Å². The number of hydrogen-bond acceptors (Lipinski definition) is 14. The number of fused-ring (bicyclic) bond motifs is 2. The number of phenols is 2.